The first kappa shape index (κ1) is 14.1. The summed E-state index contributed by atoms with van der Waals surface area (Å²) in [5.74, 6) is -1.34. The molecule has 0 aliphatic carbocycles. The van der Waals surface area contributed by atoms with E-state index in [1.807, 2.05) is 0 Å². The third kappa shape index (κ3) is 2.64. The van der Waals surface area contributed by atoms with Gasteiger partial charge in [-0.25, -0.2) is 0 Å². The molecule has 98 valence electrons. The molecule has 0 unspecified atom stereocenters. The zero-order chi connectivity index (χ0) is 14.0. The van der Waals surface area contributed by atoms with Crippen molar-refractivity contribution in [2.75, 3.05) is 0 Å². The molecule has 0 aromatic carbocycles. The Morgan fingerprint density at radius 2 is 1.83 bits per heavy atom. The quantitative estimate of drug-likeness (QED) is 0.835. The summed E-state index contributed by atoms with van der Waals surface area (Å²) in [6.45, 7) is 6.49. The summed E-state index contributed by atoms with van der Waals surface area (Å²) < 4.78 is 0. The summed E-state index contributed by atoms with van der Waals surface area (Å²) in [7, 11) is 0. The molecule has 6 nitrogen and oxygen atoms in total. The van der Waals surface area contributed by atoms with Gasteiger partial charge >= 0.3 is 5.97 Å². The Morgan fingerprint density at radius 3 is 2.28 bits per heavy atom. The highest BCUT2D eigenvalue weighted by Gasteiger charge is 2.44. The number of aromatic nitrogens is 2. The number of carboxylic acids is 1. The fourth-order valence-electron chi connectivity index (χ4n) is 1.20. The van der Waals surface area contributed by atoms with Crippen LogP contribution < -0.4 is 5.32 Å². The molecule has 0 bridgehead atoms. The first-order valence-electron chi connectivity index (χ1n) is 5.51. The molecular formula is C12H17N3O3. The van der Waals surface area contributed by atoms with Crippen LogP contribution >= 0.6 is 0 Å². The average Bonchev–Trinajstić information content (AvgIpc) is 2.29. The molecule has 1 heterocycles. The van der Waals surface area contributed by atoms with Crippen molar-refractivity contribution in [2.45, 2.75) is 33.2 Å². The van der Waals surface area contributed by atoms with Crippen molar-refractivity contribution in [1.29, 1.82) is 0 Å². The van der Waals surface area contributed by atoms with E-state index in [1.54, 1.807) is 27.7 Å². The molecule has 2 N–H and O–H groups in total. The Balaban J connectivity index is 2.91. The van der Waals surface area contributed by atoms with Crippen LogP contribution in [0.2, 0.25) is 0 Å². The Hall–Kier alpha value is -1.98. The molecule has 0 aliphatic heterocycles. The molecule has 0 atom stereocenters. The Morgan fingerprint density at radius 1 is 1.22 bits per heavy atom. The van der Waals surface area contributed by atoms with E-state index in [1.165, 1.54) is 18.5 Å². The Kier molecular flexibility index (Phi) is 3.69. The van der Waals surface area contributed by atoms with Gasteiger partial charge in [-0.05, 0) is 33.8 Å². The molecule has 0 radical (unpaired) electrons. The molecule has 1 amide bonds. The number of hydrogen-bond donors (Lipinski definition) is 2. The fraction of sp³-hybridized carbons (Fsp3) is 0.500. The van der Waals surface area contributed by atoms with E-state index >= 15 is 0 Å². The van der Waals surface area contributed by atoms with Crippen molar-refractivity contribution in [3.8, 4) is 0 Å². The van der Waals surface area contributed by atoms with Gasteiger partial charge in [0.25, 0.3) is 5.91 Å². The normalized spacial score (nSPS) is 12.0. The monoisotopic (exact) mass is 251 g/mol. The predicted molar refractivity (Wildman–Crippen MR) is 65.0 cm³/mol. The van der Waals surface area contributed by atoms with E-state index in [2.05, 4.69) is 15.5 Å². The summed E-state index contributed by atoms with van der Waals surface area (Å²) in [5.41, 5.74) is -1.65. The van der Waals surface area contributed by atoms with Crippen LogP contribution in [0, 0.1) is 5.41 Å². The highest BCUT2D eigenvalue weighted by Crippen LogP contribution is 2.30. The predicted octanol–water partition coefficient (Wildman–Crippen LogP) is 1.10. The van der Waals surface area contributed by atoms with Crippen molar-refractivity contribution in [3.05, 3.63) is 24.0 Å². The molecule has 0 saturated carbocycles. The van der Waals surface area contributed by atoms with Crippen LogP contribution in [0.5, 0.6) is 0 Å². The molecule has 1 rings (SSSR count). The first-order chi connectivity index (χ1) is 8.18. The molecule has 0 aliphatic rings. The summed E-state index contributed by atoms with van der Waals surface area (Å²) in [6.07, 6.45) is 2.74. The van der Waals surface area contributed by atoms with Crippen LogP contribution in [0.3, 0.4) is 0 Å². The third-order valence-electron chi connectivity index (χ3n) is 3.37. The van der Waals surface area contributed by atoms with E-state index < -0.39 is 16.9 Å². The summed E-state index contributed by atoms with van der Waals surface area (Å²) in [6, 6.07) is 1.52. The SMILES string of the molecule is CC(C)(NC(=O)c1ccnnc1)C(C)(C)C(=O)O. The maximum absolute atomic E-state index is 12.0. The number of carbonyl (C=O) groups excluding carboxylic acids is 1. The smallest absolute Gasteiger partial charge is 0.311 e. The standard InChI is InChI=1S/C12H17N3O3/c1-11(2,10(17)18)12(3,4)15-9(16)8-5-6-13-14-7-8/h5-7H,1-4H3,(H,15,16)(H,17,18). The zero-order valence-corrected chi connectivity index (χ0v) is 10.9. The van der Waals surface area contributed by atoms with E-state index in [-0.39, 0.29) is 5.91 Å². The second kappa shape index (κ2) is 4.72. The maximum atomic E-state index is 12.0. The molecular weight excluding hydrogens is 234 g/mol. The lowest BCUT2D eigenvalue weighted by atomic mass is 9.74. The molecule has 1 aromatic rings. The van der Waals surface area contributed by atoms with Gasteiger partial charge in [0.15, 0.2) is 0 Å². The molecule has 1 aromatic heterocycles. The topological polar surface area (TPSA) is 92.2 Å². The van der Waals surface area contributed by atoms with Crippen molar-refractivity contribution in [2.24, 2.45) is 5.41 Å². The van der Waals surface area contributed by atoms with Crippen molar-refractivity contribution in [1.82, 2.24) is 15.5 Å². The van der Waals surface area contributed by atoms with Crippen LogP contribution in [0.25, 0.3) is 0 Å². The Labute approximate surface area is 105 Å². The minimum Gasteiger partial charge on any atom is -0.481 e. The van der Waals surface area contributed by atoms with Gasteiger partial charge in [0, 0.05) is 0 Å². The van der Waals surface area contributed by atoms with E-state index in [0.29, 0.717) is 5.56 Å². The number of carbonyl (C=O) groups is 2. The summed E-state index contributed by atoms with van der Waals surface area (Å²) >= 11 is 0. The number of carboxylic acid groups (broad SMARTS) is 1. The number of nitrogens with one attached hydrogen (secondary N) is 1. The van der Waals surface area contributed by atoms with Crippen LogP contribution in [0.1, 0.15) is 38.1 Å². The van der Waals surface area contributed by atoms with E-state index in [9.17, 15) is 14.7 Å². The second-order valence-corrected chi connectivity index (χ2v) is 5.14. The molecule has 0 fully saturated rings. The molecule has 18 heavy (non-hydrogen) atoms. The molecule has 0 saturated heterocycles. The highest BCUT2D eigenvalue weighted by molar-refractivity contribution is 5.94. The van der Waals surface area contributed by atoms with Gasteiger partial charge in [-0.3, -0.25) is 9.59 Å². The zero-order valence-electron chi connectivity index (χ0n) is 10.9. The number of nitrogens with zero attached hydrogens (tertiary/aromatic N) is 2. The first-order valence-corrected chi connectivity index (χ1v) is 5.51. The van der Waals surface area contributed by atoms with Gasteiger partial charge in [-0.15, -0.1) is 0 Å². The summed E-state index contributed by atoms with van der Waals surface area (Å²) in [4.78, 5) is 23.2. The molecule has 6 heteroatoms. The van der Waals surface area contributed by atoms with Crippen LogP contribution in [-0.2, 0) is 4.79 Å². The van der Waals surface area contributed by atoms with Gasteiger partial charge in [-0.2, -0.15) is 10.2 Å². The number of aliphatic carboxylic acids is 1. The number of rotatable bonds is 4. The average molecular weight is 251 g/mol. The van der Waals surface area contributed by atoms with Gasteiger partial charge in [0.2, 0.25) is 0 Å². The van der Waals surface area contributed by atoms with Crippen LogP contribution in [0.4, 0.5) is 0 Å². The van der Waals surface area contributed by atoms with E-state index in [4.69, 9.17) is 0 Å². The van der Waals surface area contributed by atoms with Gasteiger partial charge in [0.1, 0.15) is 0 Å². The van der Waals surface area contributed by atoms with Gasteiger partial charge < -0.3 is 10.4 Å². The fourth-order valence-corrected chi connectivity index (χ4v) is 1.20. The lowest BCUT2D eigenvalue weighted by Gasteiger charge is -2.38. The van der Waals surface area contributed by atoms with Crippen molar-refractivity contribution < 1.29 is 14.7 Å². The minimum atomic E-state index is -1.09. The van der Waals surface area contributed by atoms with Gasteiger partial charge in [0.05, 0.1) is 28.9 Å². The third-order valence-corrected chi connectivity index (χ3v) is 3.37. The number of hydrogen-bond acceptors (Lipinski definition) is 4. The summed E-state index contributed by atoms with van der Waals surface area (Å²) in [5, 5.41) is 19.1. The van der Waals surface area contributed by atoms with Crippen molar-refractivity contribution >= 4 is 11.9 Å². The Bertz CT molecular complexity index is 455. The van der Waals surface area contributed by atoms with E-state index in [0.717, 1.165) is 0 Å². The minimum absolute atomic E-state index is 0.347. The lowest BCUT2D eigenvalue weighted by molar-refractivity contribution is -0.150. The van der Waals surface area contributed by atoms with Crippen LogP contribution in [-0.4, -0.2) is 32.7 Å². The maximum Gasteiger partial charge on any atom is 0.311 e. The van der Waals surface area contributed by atoms with Crippen LogP contribution in [0.15, 0.2) is 18.5 Å². The van der Waals surface area contributed by atoms with Gasteiger partial charge in [-0.1, -0.05) is 0 Å². The highest BCUT2D eigenvalue weighted by atomic mass is 16.4. The molecule has 0 spiro atoms. The largest absolute Gasteiger partial charge is 0.481 e. The van der Waals surface area contributed by atoms with Crippen molar-refractivity contribution in [3.63, 3.8) is 0 Å². The lowest BCUT2D eigenvalue weighted by Crippen LogP contribution is -2.56. The second-order valence-electron chi connectivity index (χ2n) is 5.14. The number of amides is 1.